The smallest absolute Gasteiger partial charge is 0.170 e. The number of phenols is 4. The standard InChI is InChI=1S/C27H32O8/c1-12(2)10-18(29)20-23(32)16(22(31)15-8-9-27(5,6)35-26(15)20)11-17-24(33)19(14(4)28)21(30)13(3)25(17)34-7/h8-9,12,30-33H,10-11H2,1-7H3. The zero-order valence-corrected chi connectivity index (χ0v) is 21.1. The van der Waals surface area contributed by atoms with Crippen LogP contribution in [0.2, 0.25) is 0 Å². The van der Waals surface area contributed by atoms with Crippen molar-refractivity contribution in [1.29, 1.82) is 0 Å². The van der Waals surface area contributed by atoms with Gasteiger partial charge in [0.25, 0.3) is 0 Å². The Balaban J connectivity index is 2.34. The van der Waals surface area contributed by atoms with Crippen molar-refractivity contribution in [3.05, 3.63) is 39.5 Å². The molecule has 0 bridgehead atoms. The molecule has 188 valence electrons. The van der Waals surface area contributed by atoms with Gasteiger partial charge in [0.05, 0.1) is 12.7 Å². The highest BCUT2D eigenvalue weighted by Gasteiger charge is 2.35. The number of ketones is 2. The van der Waals surface area contributed by atoms with E-state index in [0.717, 1.165) is 0 Å². The molecule has 0 radical (unpaired) electrons. The molecule has 0 saturated heterocycles. The summed E-state index contributed by atoms with van der Waals surface area (Å²) in [5.74, 6) is -2.51. The lowest BCUT2D eigenvalue weighted by atomic mass is 9.88. The van der Waals surface area contributed by atoms with Crippen molar-refractivity contribution >= 4 is 17.6 Å². The van der Waals surface area contributed by atoms with Gasteiger partial charge in [-0.1, -0.05) is 13.8 Å². The Morgan fingerprint density at radius 3 is 2.14 bits per heavy atom. The maximum absolute atomic E-state index is 13.2. The molecule has 0 spiro atoms. The quantitative estimate of drug-likeness (QED) is 0.402. The Hall–Kier alpha value is -3.68. The van der Waals surface area contributed by atoms with Crippen LogP contribution in [0.3, 0.4) is 0 Å². The highest BCUT2D eigenvalue weighted by atomic mass is 16.5. The summed E-state index contributed by atoms with van der Waals surface area (Å²) in [6, 6.07) is 0. The highest BCUT2D eigenvalue weighted by molar-refractivity contribution is 6.04. The first-order valence-corrected chi connectivity index (χ1v) is 11.4. The molecule has 1 heterocycles. The summed E-state index contributed by atoms with van der Waals surface area (Å²) in [7, 11) is 1.33. The number of phenolic OH excluding ortho intramolecular Hbond substituents is 4. The molecule has 0 saturated carbocycles. The summed E-state index contributed by atoms with van der Waals surface area (Å²) in [5.41, 5.74) is -0.657. The number of rotatable bonds is 7. The van der Waals surface area contributed by atoms with Crippen LogP contribution in [0.25, 0.3) is 6.08 Å². The topological polar surface area (TPSA) is 134 Å². The Morgan fingerprint density at radius 2 is 1.60 bits per heavy atom. The Labute approximate surface area is 204 Å². The monoisotopic (exact) mass is 484 g/mol. The molecular weight excluding hydrogens is 452 g/mol. The number of Topliss-reactive ketones (excluding diaryl/α,β-unsaturated/α-hetero) is 2. The van der Waals surface area contributed by atoms with Crippen molar-refractivity contribution in [3.8, 4) is 34.5 Å². The molecule has 0 amide bonds. The predicted molar refractivity (Wildman–Crippen MR) is 131 cm³/mol. The number of benzene rings is 2. The van der Waals surface area contributed by atoms with Crippen LogP contribution in [0.4, 0.5) is 0 Å². The molecule has 0 unspecified atom stereocenters. The van der Waals surface area contributed by atoms with Crippen molar-refractivity contribution < 1.29 is 39.5 Å². The maximum atomic E-state index is 13.2. The third kappa shape index (κ3) is 4.52. The van der Waals surface area contributed by atoms with Crippen LogP contribution in [0.15, 0.2) is 6.08 Å². The van der Waals surface area contributed by atoms with E-state index in [2.05, 4.69) is 0 Å². The SMILES string of the molecule is COc1c(C)c(O)c(C(C)=O)c(O)c1Cc1c(O)c2c(c(C(=O)CC(C)C)c1O)OC(C)(C)C=C2. The third-order valence-electron chi connectivity index (χ3n) is 6.06. The molecule has 0 aromatic heterocycles. The van der Waals surface area contributed by atoms with Gasteiger partial charge in [-0.3, -0.25) is 9.59 Å². The second-order valence-electron chi connectivity index (χ2n) is 9.80. The molecule has 35 heavy (non-hydrogen) atoms. The molecule has 2 aromatic carbocycles. The minimum absolute atomic E-state index is 0.00366. The van der Waals surface area contributed by atoms with E-state index in [0.29, 0.717) is 0 Å². The molecule has 3 rings (SSSR count). The molecule has 2 aromatic rings. The maximum Gasteiger partial charge on any atom is 0.170 e. The molecule has 8 heteroatoms. The van der Waals surface area contributed by atoms with Gasteiger partial charge in [0, 0.05) is 29.5 Å². The van der Waals surface area contributed by atoms with E-state index in [4.69, 9.17) is 9.47 Å². The molecule has 1 aliphatic rings. The van der Waals surface area contributed by atoms with Gasteiger partial charge < -0.3 is 29.9 Å². The fraction of sp³-hybridized carbons (Fsp3) is 0.407. The van der Waals surface area contributed by atoms with Crippen molar-refractivity contribution in [3.63, 3.8) is 0 Å². The predicted octanol–water partition coefficient (Wildman–Crippen LogP) is 5.03. The summed E-state index contributed by atoms with van der Waals surface area (Å²) in [6.07, 6.45) is 3.20. The molecular formula is C27H32O8. The van der Waals surface area contributed by atoms with Gasteiger partial charge in [-0.15, -0.1) is 0 Å². The summed E-state index contributed by atoms with van der Waals surface area (Å²) in [6.45, 7) is 10.0. The number of hydrogen-bond acceptors (Lipinski definition) is 8. The molecule has 0 aliphatic carbocycles. The van der Waals surface area contributed by atoms with E-state index in [1.54, 1.807) is 26.0 Å². The van der Waals surface area contributed by atoms with Crippen LogP contribution >= 0.6 is 0 Å². The number of hydrogen-bond donors (Lipinski definition) is 4. The van der Waals surface area contributed by atoms with Crippen molar-refractivity contribution in [2.24, 2.45) is 5.92 Å². The second kappa shape index (κ2) is 9.17. The van der Waals surface area contributed by atoms with Crippen LogP contribution < -0.4 is 9.47 Å². The average Bonchev–Trinajstić information content (AvgIpc) is 2.73. The van der Waals surface area contributed by atoms with E-state index in [-0.39, 0.29) is 75.2 Å². The molecule has 4 N–H and O–H groups in total. The number of carbonyl (C=O) groups is 2. The van der Waals surface area contributed by atoms with Crippen LogP contribution in [-0.4, -0.2) is 44.7 Å². The van der Waals surface area contributed by atoms with Gasteiger partial charge in [-0.05, 0) is 45.8 Å². The van der Waals surface area contributed by atoms with Crippen molar-refractivity contribution in [1.82, 2.24) is 0 Å². The number of methoxy groups -OCH3 is 1. The van der Waals surface area contributed by atoms with Crippen LogP contribution in [-0.2, 0) is 6.42 Å². The lowest BCUT2D eigenvalue weighted by molar-refractivity contribution is 0.0949. The number of aromatic hydroxyl groups is 4. The van der Waals surface area contributed by atoms with Crippen molar-refractivity contribution in [2.75, 3.05) is 7.11 Å². The third-order valence-corrected chi connectivity index (χ3v) is 6.06. The van der Waals surface area contributed by atoms with E-state index in [9.17, 15) is 30.0 Å². The second-order valence-corrected chi connectivity index (χ2v) is 9.80. The summed E-state index contributed by atoms with van der Waals surface area (Å²) in [5, 5.41) is 43.8. The van der Waals surface area contributed by atoms with E-state index >= 15 is 0 Å². The number of carbonyl (C=O) groups excluding carboxylic acids is 2. The Kier molecular flexibility index (Phi) is 6.79. The van der Waals surface area contributed by atoms with Crippen LogP contribution in [0.1, 0.15) is 84.0 Å². The summed E-state index contributed by atoms with van der Waals surface area (Å²) < 4.78 is 11.4. The Bertz CT molecular complexity index is 1250. The minimum atomic E-state index is -0.772. The van der Waals surface area contributed by atoms with E-state index < -0.39 is 28.6 Å². The van der Waals surface area contributed by atoms with Gasteiger partial charge >= 0.3 is 0 Å². The lowest BCUT2D eigenvalue weighted by Crippen LogP contribution is -2.29. The zero-order chi connectivity index (χ0) is 26.4. The average molecular weight is 485 g/mol. The zero-order valence-electron chi connectivity index (χ0n) is 21.1. The summed E-state index contributed by atoms with van der Waals surface area (Å²) >= 11 is 0. The molecule has 8 nitrogen and oxygen atoms in total. The van der Waals surface area contributed by atoms with Gasteiger partial charge in [-0.25, -0.2) is 0 Å². The lowest BCUT2D eigenvalue weighted by Gasteiger charge is -2.31. The minimum Gasteiger partial charge on any atom is -0.507 e. The largest absolute Gasteiger partial charge is 0.507 e. The number of ether oxygens (including phenoxy) is 2. The normalized spacial score (nSPS) is 13.9. The first kappa shape index (κ1) is 25.9. The molecule has 1 aliphatic heterocycles. The fourth-order valence-electron chi connectivity index (χ4n) is 4.36. The van der Waals surface area contributed by atoms with Gasteiger partial charge in [-0.2, -0.15) is 0 Å². The van der Waals surface area contributed by atoms with E-state index in [1.165, 1.54) is 21.0 Å². The van der Waals surface area contributed by atoms with Crippen LogP contribution in [0, 0.1) is 12.8 Å². The number of fused-ring (bicyclic) bond motifs is 1. The van der Waals surface area contributed by atoms with Crippen LogP contribution in [0.5, 0.6) is 34.5 Å². The summed E-state index contributed by atoms with van der Waals surface area (Å²) in [4.78, 5) is 25.4. The first-order valence-electron chi connectivity index (χ1n) is 11.4. The fourth-order valence-corrected chi connectivity index (χ4v) is 4.36. The molecule has 0 atom stereocenters. The Morgan fingerprint density at radius 1 is 1.00 bits per heavy atom. The van der Waals surface area contributed by atoms with E-state index in [1.807, 2.05) is 13.8 Å². The van der Waals surface area contributed by atoms with Gasteiger partial charge in [0.1, 0.15) is 51.2 Å². The first-order chi connectivity index (χ1) is 16.2. The molecule has 0 fully saturated rings. The highest BCUT2D eigenvalue weighted by Crippen LogP contribution is 2.50. The van der Waals surface area contributed by atoms with Gasteiger partial charge in [0.15, 0.2) is 11.6 Å². The van der Waals surface area contributed by atoms with Crippen molar-refractivity contribution in [2.45, 2.75) is 60.0 Å². The van der Waals surface area contributed by atoms with Gasteiger partial charge in [0.2, 0.25) is 0 Å².